The second-order valence-corrected chi connectivity index (χ2v) is 2.44. The number of anilines is 1. The fourth-order valence-electron chi connectivity index (χ4n) is 0.909. The van der Waals surface area contributed by atoms with Crippen LogP contribution in [0.25, 0.3) is 0 Å². The first kappa shape index (κ1) is 8.93. The van der Waals surface area contributed by atoms with Gasteiger partial charge in [-0.25, -0.2) is 9.97 Å². The van der Waals surface area contributed by atoms with Crippen molar-refractivity contribution in [2.45, 2.75) is 20.0 Å². The molecule has 0 saturated heterocycles. The third-order valence-corrected chi connectivity index (χ3v) is 1.48. The Morgan fingerprint density at radius 3 is 3.00 bits per heavy atom. The average molecular weight is 167 g/mol. The van der Waals surface area contributed by atoms with Gasteiger partial charge in [-0.15, -0.1) is 0 Å². The summed E-state index contributed by atoms with van der Waals surface area (Å²) in [5.74, 6) is 1.11. The van der Waals surface area contributed by atoms with Gasteiger partial charge in [-0.1, -0.05) is 0 Å². The summed E-state index contributed by atoms with van der Waals surface area (Å²) in [6.07, 6.45) is 1.55. The maximum Gasteiger partial charge on any atom is 0.159 e. The van der Waals surface area contributed by atoms with Crippen LogP contribution in [0.3, 0.4) is 0 Å². The van der Waals surface area contributed by atoms with Crippen molar-refractivity contribution < 1.29 is 4.74 Å². The first-order valence-corrected chi connectivity index (χ1v) is 3.94. The first-order chi connectivity index (χ1) is 5.74. The Labute approximate surface area is 71.8 Å². The lowest BCUT2D eigenvalue weighted by molar-refractivity contribution is 0.0701. The molecule has 4 heteroatoms. The van der Waals surface area contributed by atoms with Crippen LogP contribution in [0.1, 0.15) is 25.8 Å². The Kier molecular flexibility index (Phi) is 2.99. The number of rotatable bonds is 3. The predicted octanol–water partition coefficient (Wildman–Crippen LogP) is 1.16. The maximum atomic E-state index is 5.49. The minimum Gasteiger partial charge on any atom is -0.384 e. The highest BCUT2D eigenvalue weighted by atomic mass is 16.5. The fraction of sp³-hybridized carbons (Fsp3) is 0.500. The van der Waals surface area contributed by atoms with Crippen LogP contribution >= 0.6 is 0 Å². The lowest BCUT2D eigenvalue weighted by Crippen LogP contribution is -2.06. The van der Waals surface area contributed by atoms with E-state index < -0.39 is 0 Å². The smallest absolute Gasteiger partial charge is 0.159 e. The van der Waals surface area contributed by atoms with E-state index in [0.29, 0.717) is 18.2 Å². The van der Waals surface area contributed by atoms with Crippen LogP contribution < -0.4 is 5.73 Å². The van der Waals surface area contributed by atoms with Crippen LogP contribution in [0.4, 0.5) is 5.82 Å². The summed E-state index contributed by atoms with van der Waals surface area (Å²) in [4.78, 5) is 8.08. The number of ether oxygens (including phenoxy) is 1. The van der Waals surface area contributed by atoms with Gasteiger partial charge in [0.15, 0.2) is 5.82 Å². The van der Waals surface area contributed by atoms with Gasteiger partial charge in [0.1, 0.15) is 11.9 Å². The van der Waals surface area contributed by atoms with E-state index in [0.717, 1.165) is 0 Å². The fourth-order valence-corrected chi connectivity index (χ4v) is 0.909. The Balaban J connectivity index is 2.73. The summed E-state index contributed by atoms with van der Waals surface area (Å²) >= 11 is 0. The average Bonchev–Trinajstić information content (AvgIpc) is 2.05. The van der Waals surface area contributed by atoms with Gasteiger partial charge in [0.25, 0.3) is 0 Å². The normalized spacial score (nSPS) is 12.8. The summed E-state index contributed by atoms with van der Waals surface area (Å²) < 4.78 is 5.30. The molecule has 1 aromatic rings. The van der Waals surface area contributed by atoms with Crippen molar-refractivity contribution in [1.29, 1.82) is 0 Å². The Hall–Kier alpha value is -1.16. The number of hydrogen-bond donors (Lipinski definition) is 1. The number of nitrogens with two attached hydrogens (primary N) is 1. The van der Waals surface area contributed by atoms with Crippen molar-refractivity contribution in [2.24, 2.45) is 0 Å². The third kappa shape index (κ3) is 2.17. The van der Waals surface area contributed by atoms with Gasteiger partial charge in [0, 0.05) is 12.8 Å². The van der Waals surface area contributed by atoms with Crippen LogP contribution in [0, 0.1) is 0 Å². The zero-order chi connectivity index (χ0) is 8.97. The number of hydrogen-bond acceptors (Lipinski definition) is 4. The summed E-state index contributed by atoms with van der Waals surface area (Å²) in [6.45, 7) is 4.49. The van der Waals surface area contributed by atoms with Gasteiger partial charge in [0.2, 0.25) is 0 Å². The van der Waals surface area contributed by atoms with Crippen LogP contribution in [0.5, 0.6) is 0 Å². The van der Waals surface area contributed by atoms with E-state index in [1.165, 1.54) is 0 Å². The molecule has 0 saturated carbocycles. The minimum absolute atomic E-state index is 0.0847. The maximum absolute atomic E-state index is 5.49. The molecule has 0 amide bonds. The van der Waals surface area contributed by atoms with Gasteiger partial charge in [-0.05, 0) is 19.9 Å². The summed E-state index contributed by atoms with van der Waals surface area (Å²) in [6, 6.07) is 1.65. The summed E-state index contributed by atoms with van der Waals surface area (Å²) in [5.41, 5.74) is 5.49. The molecular formula is C8H13N3O. The second-order valence-electron chi connectivity index (χ2n) is 2.44. The Morgan fingerprint density at radius 1 is 1.67 bits per heavy atom. The molecule has 0 aliphatic rings. The predicted molar refractivity (Wildman–Crippen MR) is 46.5 cm³/mol. The molecule has 1 aromatic heterocycles. The second kappa shape index (κ2) is 4.01. The van der Waals surface area contributed by atoms with Gasteiger partial charge in [-0.2, -0.15) is 0 Å². The minimum atomic E-state index is -0.0847. The zero-order valence-electron chi connectivity index (χ0n) is 7.32. The van der Waals surface area contributed by atoms with Crippen molar-refractivity contribution in [3.8, 4) is 0 Å². The molecule has 0 fully saturated rings. The molecular weight excluding hydrogens is 154 g/mol. The molecule has 1 atom stereocenters. The molecule has 0 radical (unpaired) electrons. The van der Waals surface area contributed by atoms with Crippen molar-refractivity contribution in [3.63, 3.8) is 0 Å². The molecule has 4 nitrogen and oxygen atoms in total. The molecule has 1 heterocycles. The number of nitrogen functional groups attached to an aromatic ring is 1. The SMILES string of the molecule is CCOC(C)c1nccc(N)n1. The Bertz CT molecular complexity index is 252. The van der Waals surface area contributed by atoms with Crippen LogP contribution in [0.2, 0.25) is 0 Å². The van der Waals surface area contributed by atoms with E-state index >= 15 is 0 Å². The molecule has 12 heavy (non-hydrogen) atoms. The van der Waals surface area contributed by atoms with E-state index in [9.17, 15) is 0 Å². The Morgan fingerprint density at radius 2 is 2.42 bits per heavy atom. The third-order valence-electron chi connectivity index (χ3n) is 1.48. The molecule has 0 bridgehead atoms. The number of nitrogens with zero attached hydrogens (tertiary/aromatic N) is 2. The van der Waals surface area contributed by atoms with E-state index in [2.05, 4.69) is 9.97 Å². The molecule has 0 aromatic carbocycles. The van der Waals surface area contributed by atoms with Crippen molar-refractivity contribution >= 4 is 5.82 Å². The quantitative estimate of drug-likeness (QED) is 0.733. The summed E-state index contributed by atoms with van der Waals surface area (Å²) in [5, 5.41) is 0. The van der Waals surface area contributed by atoms with Gasteiger partial charge in [-0.3, -0.25) is 0 Å². The molecule has 2 N–H and O–H groups in total. The van der Waals surface area contributed by atoms with E-state index in [-0.39, 0.29) is 6.10 Å². The molecule has 0 aliphatic heterocycles. The van der Waals surface area contributed by atoms with Crippen molar-refractivity contribution in [3.05, 3.63) is 18.1 Å². The highest BCUT2D eigenvalue weighted by Gasteiger charge is 2.07. The topological polar surface area (TPSA) is 61.0 Å². The first-order valence-electron chi connectivity index (χ1n) is 3.94. The van der Waals surface area contributed by atoms with E-state index in [1.54, 1.807) is 12.3 Å². The molecule has 0 aliphatic carbocycles. The van der Waals surface area contributed by atoms with E-state index in [4.69, 9.17) is 10.5 Å². The highest BCUT2D eigenvalue weighted by molar-refractivity contribution is 5.25. The lowest BCUT2D eigenvalue weighted by Gasteiger charge is -2.09. The van der Waals surface area contributed by atoms with Crippen LogP contribution in [-0.2, 0) is 4.74 Å². The molecule has 1 unspecified atom stereocenters. The van der Waals surface area contributed by atoms with Gasteiger partial charge in [0.05, 0.1) is 0 Å². The van der Waals surface area contributed by atoms with Crippen molar-refractivity contribution in [2.75, 3.05) is 12.3 Å². The molecule has 66 valence electrons. The summed E-state index contributed by atoms with van der Waals surface area (Å²) in [7, 11) is 0. The monoisotopic (exact) mass is 167 g/mol. The van der Waals surface area contributed by atoms with Crippen molar-refractivity contribution in [1.82, 2.24) is 9.97 Å². The highest BCUT2D eigenvalue weighted by Crippen LogP contribution is 2.11. The largest absolute Gasteiger partial charge is 0.384 e. The van der Waals surface area contributed by atoms with E-state index in [1.807, 2.05) is 13.8 Å². The van der Waals surface area contributed by atoms with Gasteiger partial charge >= 0.3 is 0 Å². The van der Waals surface area contributed by atoms with Gasteiger partial charge < -0.3 is 10.5 Å². The van der Waals surface area contributed by atoms with Crippen LogP contribution in [0.15, 0.2) is 12.3 Å². The molecule has 1 rings (SSSR count). The standard InChI is InChI=1S/C8H13N3O/c1-3-12-6(2)8-10-5-4-7(9)11-8/h4-6H,3H2,1-2H3,(H2,9,10,11). The van der Waals surface area contributed by atoms with Crippen LogP contribution in [-0.4, -0.2) is 16.6 Å². The number of aromatic nitrogens is 2. The molecule has 0 spiro atoms. The zero-order valence-corrected chi connectivity index (χ0v) is 7.32. The lowest BCUT2D eigenvalue weighted by atomic mass is 10.3.